The van der Waals surface area contributed by atoms with Gasteiger partial charge in [0, 0.05) is 13.2 Å². The number of rotatable bonds is 6. The van der Waals surface area contributed by atoms with Gasteiger partial charge in [0.25, 0.3) is 0 Å². The van der Waals surface area contributed by atoms with Gasteiger partial charge in [-0.15, -0.1) is 0 Å². The molecular weight excluding hydrogens is 143 g/mol. The minimum Gasteiger partial charge on any atom is -0.412 e. The zero-order chi connectivity index (χ0) is 8.36. The highest BCUT2D eigenvalue weighted by atomic mass is 16.6. The molecule has 0 aromatic rings. The summed E-state index contributed by atoms with van der Waals surface area (Å²) in [6.07, 6.45) is 0.691. The Bertz CT molecular complexity index is 143. The third kappa shape index (κ3) is 8.96. The molecule has 0 spiro atoms. The summed E-state index contributed by atoms with van der Waals surface area (Å²) in [5, 5.41) is 16.2. The maximum absolute atomic E-state index is 8.08. The molecule has 0 N–H and O–H groups in total. The van der Waals surface area contributed by atoms with Crippen LogP contribution >= 0.6 is 0 Å². The van der Waals surface area contributed by atoms with E-state index in [4.69, 9.17) is 19.8 Å². The Labute approximate surface area is 66.6 Å². The minimum atomic E-state index is 0.336. The zero-order valence-electron chi connectivity index (χ0n) is 6.12. The van der Waals surface area contributed by atoms with Crippen molar-refractivity contribution in [1.82, 2.24) is 0 Å². The molecule has 0 aliphatic carbocycles. The summed E-state index contributed by atoms with van der Waals surface area (Å²) in [7, 11) is 1.16. The summed E-state index contributed by atoms with van der Waals surface area (Å²) in [5.74, 6) is 0. The molecule has 5 heteroatoms. The van der Waals surface area contributed by atoms with Gasteiger partial charge in [-0.1, -0.05) is 0 Å². The monoisotopic (exact) mass is 151 g/mol. The van der Waals surface area contributed by atoms with Crippen LogP contribution in [0.2, 0.25) is 0 Å². The Morgan fingerprint density at radius 2 is 1.45 bits per heavy atom. The largest absolute Gasteiger partial charge is 0.488 e. The van der Waals surface area contributed by atoms with Crippen LogP contribution in [0.5, 0.6) is 0 Å². The van der Waals surface area contributed by atoms with Gasteiger partial charge in [-0.2, -0.15) is 10.5 Å². The second kappa shape index (κ2) is 8.96. The minimum absolute atomic E-state index is 0.336. The summed E-state index contributed by atoms with van der Waals surface area (Å²) in [6, 6.07) is 3.83. The summed E-state index contributed by atoms with van der Waals surface area (Å²) in [5.41, 5.74) is 0. The van der Waals surface area contributed by atoms with E-state index in [1.54, 1.807) is 0 Å². The molecule has 0 aliphatic rings. The van der Waals surface area contributed by atoms with Crippen LogP contribution in [0.25, 0.3) is 0 Å². The van der Waals surface area contributed by atoms with E-state index in [-0.39, 0.29) is 0 Å². The highest BCUT2D eigenvalue weighted by molar-refractivity contribution is 6.17. The highest BCUT2D eigenvalue weighted by Crippen LogP contribution is 1.81. The van der Waals surface area contributed by atoms with Crippen molar-refractivity contribution in [3.8, 4) is 12.1 Å². The Balaban J connectivity index is 2.82. The molecule has 57 valence electrons. The van der Waals surface area contributed by atoms with E-state index in [1.807, 2.05) is 12.1 Å². The van der Waals surface area contributed by atoms with Gasteiger partial charge in [-0.3, -0.25) is 0 Å². The molecule has 0 unspecified atom stereocenters. The molecule has 4 nitrogen and oxygen atoms in total. The molecule has 0 aliphatic heterocycles. The van der Waals surface area contributed by atoms with E-state index in [1.165, 1.54) is 0 Å². The summed E-state index contributed by atoms with van der Waals surface area (Å²) >= 11 is 0. The van der Waals surface area contributed by atoms with Crippen molar-refractivity contribution in [2.24, 2.45) is 0 Å². The van der Waals surface area contributed by atoms with Crippen LogP contribution in [-0.4, -0.2) is 20.9 Å². The Morgan fingerprint density at radius 1 is 1.00 bits per heavy atom. The second-order valence-corrected chi connectivity index (χ2v) is 1.65. The summed E-state index contributed by atoms with van der Waals surface area (Å²) < 4.78 is 9.48. The molecule has 0 saturated heterocycles. The van der Waals surface area contributed by atoms with Crippen molar-refractivity contribution in [2.45, 2.75) is 12.8 Å². The standard InChI is InChI=1S/C6H8BN2O2/c8-3-1-5-10-7-11-6-2-4-9/h1-2,5-6H2. The van der Waals surface area contributed by atoms with E-state index in [0.717, 1.165) is 7.69 Å². The normalized spacial score (nSPS) is 8.18. The Kier molecular flexibility index (Phi) is 8.12. The molecule has 0 heterocycles. The van der Waals surface area contributed by atoms with Crippen molar-refractivity contribution in [3.05, 3.63) is 0 Å². The van der Waals surface area contributed by atoms with Crippen LogP contribution in [0, 0.1) is 22.7 Å². The second-order valence-electron chi connectivity index (χ2n) is 1.65. The first-order valence-electron chi connectivity index (χ1n) is 3.20. The van der Waals surface area contributed by atoms with E-state index in [9.17, 15) is 0 Å². The van der Waals surface area contributed by atoms with Gasteiger partial charge in [0.05, 0.1) is 25.0 Å². The number of nitrogens with zero attached hydrogens (tertiary/aromatic N) is 2. The average molecular weight is 151 g/mol. The molecule has 0 fully saturated rings. The lowest BCUT2D eigenvalue weighted by molar-refractivity contribution is 0.229. The molecule has 0 bridgehead atoms. The Morgan fingerprint density at radius 3 is 1.82 bits per heavy atom. The van der Waals surface area contributed by atoms with E-state index in [2.05, 4.69) is 0 Å². The maximum atomic E-state index is 8.08. The third-order valence-corrected chi connectivity index (χ3v) is 0.800. The van der Waals surface area contributed by atoms with E-state index >= 15 is 0 Å². The van der Waals surface area contributed by atoms with Crippen LogP contribution in [0.3, 0.4) is 0 Å². The smallest absolute Gasteiger partial charge is 0.412 e. The van der Waals surface area contributed by atoms with E-state index in [0.29, 0.717) is 26.1 Å². The lowest BCUT2D eigenvalue weighted by Crippen LogP contribution is -2.06. The lowest BCUT2D eigenvalue weighted by atomic mass is 10.3. The van der Waals surface area contributed by atoms with Crippen LogP contribution in [-0.2, 0) is 9.31 Å². The van der Waals surface area contributed by atoms with Crippen molar-refractivity contribution >= 4 is 7.69 Å². The first kappa shape index (κ1) is 9.96. The molecule has 11 heavy (non-hydrogen) atoms. The van der Waals surface area contributed by atoms with Gasteiger partial charge in [-0.25, -0.2) is 0 Å². The fraction of sp³-hybridized carbons (Fsp3) is 0.667. The summed E-state index contributed by atoms with van der Waals surface area (Å²) in [4.78, 5) is 0. The van der Waals surface area contributed by atoms with Gasteiger partial charge >= 0.3 is 7.69 Å². The molecular formula is C6H8BN2O2. The fourth-order valence-electron chi connectivity index (χ4n) is 0.353. The number of hydrogen-bond acceptors (Lipinski definition) is 4. The molecule has 0 amide bonds. The van der Waals surface area contributed by atoms with Crippen molar-refractivity contribution in [3.63, 3.8) is 0 Å². The van der Waals surface area contributed by atoms with Crippen LogP contribution in [0.1, 0.15) is 12.8 Å². The molecule has 1 radical (unpaired) electrons. The topological polar surface area (TPSA) is 66.0 Å². The summed E-state index contributed by atoms with van der Waals surface area (Å²) in [6.45, 7) is 0.673. The number of hydrogen-bond donors (Lipinski definition) is 0. The lowest BCUT2D eigenvalue weighted by Gasteiger charge is -1.97. The molecule has 0 atom stereocenters. The molecule has 0 saturated carbocycles. The van der Waals surface area contributed by atoms with Gasteiger partial charge in [-0.05, 0) is 0 Å². The van der Waals surface area contributed by atoms with Crippen LogP contribution < -0.4 is 0 Å². The third-order valence-electron chi connectivity index (χ3n) is 0.800. The molecule has 0 aromatic heterocycles. The molecule has 0 rings (SSSR count). The SMILES string of the molecule is N#CCCO[B]OCCC#N. The first-order valence-corrected chi connectivity index (χ1v) is 3.20. The first-order chi connectivity index (χ1) is 5.41. The van der Waals surface area contributed by atoms with Crippen LogP contribution in [0.15, 0.2) is 0 Å². The van der Waals surface area contributed by atoms with E-state index < -0.39 is 0 Å². The van der Waals surface area contributed by atoms with Gasteiger partial charge in [0.15, 0.2) is 0 Å². The Hall–Kier alpha value is -1.04. The van der Waals surface area contributed by atoms with Crippen LogP contribution in [0.4, 0.5) is 0 Å². The quantitative estimate of drug-likeness (QED) is 0.406. The average Bonchev–Trinajstić information content (AvgIpc) is 2.03. The van der Waals surface area contributed by atoms with Gasteiger partial charge in [0.1, 0.15) is 0 Å². The fourth-order valence-corrected chi connectivity index (χ4v) is 0.353. The number of nitriles is 2. The van der Waals surface area contributed by atoms with Crippen molar-refractivity contribution < 1.29 is 9.31 Å². The predicted octanol–water partition coefficient (Wildman–Crippen LogP) is 0.381. The predicted molar refractivity (Wildman–Crippen MR) is 38.1 cm³/mol. The molecule has 0 aromatic carbocycles. The van der Waals surface area contributed by atoms with Crippen molar-refractivity contribution in [2.75, 3.05) is 13.2 Å². The maximum Gasteiger partial charge on any atom is 0.488 e. The van der Waals surface area contributed by atoms with Gasteiger partial charge in [0.2, 0.25) is 0 Å². The van der Waals surface area contributed by atoms with Gasteiger partial charge < -0.3 is 9.31 Å². The highest BCUT2D eigenvalue weighted by Gasteiger charge is 1.92. The van der Waals surface area contributed by atoms with Crippen molar-refractivity contribution in [1.29, 1.82) is 10.5 Å². The zero-order valence-corrected chi connectivity index (χ0v) is 6.12.